The van der Waals surface area contributed by atoms with Gasteiger partial charge in [-0.1, -0.05) is 0 Å². The number of anilines is 1. The summed E-state index contributed by atoms with van der Waals surface area (Å²) in [7, 11) is 0. The minimum Gasteiger partial charge on any atom is -0.481 e. The lowest BCUT2D eigenvalue weighted by Crippen LogP contribution is -2.34. The zero-order valence-electron chi connectivity index (χ0n) is 11.4. The molecule has 1 saturated heterocycles. The number of carboxylic acids is 1. The predicted molar refractivity (Wildman–Crippen MR) is 80.4 cm³/mol. The van der Waals surface area contributed by atoms with Gasteiger partial charge in [-0.2, -0.15) is 0 Å². The van der Waals surface area contributed by atoms with E-state index >= 15 is 0 Å². The van der Waals surface area contributed by atoms with E-state index in [1.165, 1.54) is 6.07 Å². The van der Waals surface area contributed by atoms with Crippen LogP contribution in [0.1, 0.15) is 25.7 Å². The SMILES string of the molecule is O=C(O)CCC1CCN(c2ncc(Br)cc2[N+](=O)[O-])CC1. The molecule has 7 nitrogen and oxygen atoms in total. The van der Waals surface area contributed by atoms with Crippen LogP contribution in [0.3, 0.4) is 0 Å². The Labute approximate surface area is 130 Å². The zero-order chi connectivity index (χ0) is 15.4. The third-order valence-corrected chi connectivity index (χ3v) is 4.12. The van der Waals surface area contributed by atoms with Crippen LogP contribution in [0, 0.1) is 16.0 Å². The Bertz CT molecular complexity index is 544. The van der Waals surface area contributed by atoms with Gasteiger partial charge in [0.1, 0.15) is 0 Å². The number of aliphatic carboxylic acids is 1. The van der Waals surface area contributed by atoms with E-state index < -0.39 is 10.9 Å². The van der Waals surface area contributed by atoms with Crippen molar-refractivity contribution in [3.63, 3.8) is 0 Å². The van der Waals surface area contributed by atoms with Crippen LogP contribution in [-0.2, 0) is 4.79 Å². The van der Waals surface area contributed by atoms with Crippen molar-refractivity contribution in [2.45, 2.75) is 25.7 Å². The lowest BCUT2D eigenvalue weighted by Gasteiger charge is -2.32. The number of halogens is 1. The molecule has 1 aliphatic heterocycles. The van der Waals surface area contributed by atoms with Crippen molar-refractivity contribution < 1.29 is 14.8 Å². The Kier molecular flexibility index (Phi) is 5.11. The minimum absolute atomic E-state index is 0.00615. The molecule has 1 fully saturated rings. The Balaban J connectivity index is 2.02. The average Bonchev–Trinajstić information content (AvgIpc) is 2.45. The van der Waals surface area contributed by atoms with Gasteiger partial charge in [-0.25, -0.2) is 4.98 Å². The number of carboxylic acid groups (broad SMARTS) is 1. The normalized spacial score (nSPS) is 16.0. The van der Waals surface area contributed by atoms with Crippen molar-refractivity contribution >= 4 is 33.4 Å². The van der Waals surface area contributed by atoms with Crippen LogP contribution in [0.5, 0.6) is 0 Å². The maximum absolute atomic E-state index is 11.1. The van der Waals surface area contributed by atoms with Gasteiger partial charge in [0.2, 0.25) is 5.82 Å². The van der Waals surface area contributed by atoms with Crippen molar-refractivity contribution in [3.8, 4) is 0 Å². The fourth-order valence-electron chi connectivity index (χ4n) is 2.56. The molecule has 2 heterocycles. The summed E-state index contributed by atoms with van der Waals surface area (Å²) in [6, 6.07) is 1.46. The van der Waals surface area contributed by atoms with E-state index in [0.717, 1.165) is 12.8 Å². The summed E-state index contributed by atoms with van der Waals surface area (Å²) in [4.78, 5) is 27.3. The maximum atomic E-state index is 11.1. The molecular weight excluding hydrogens is 342 g/mol. The molecule has 0 radical (unpaired) electrons. The van der Waals surface area contributed by atoms with Gasteiger partial charge in [-0.3, -0.25) is 14.9 Å². The van der Waals surface area contributed by atoms with Gasteiger partial charge in [-0.05, 0) is 41.1 Å². The summed E-state index contributed by atoms with van der Waals surface area (Å²) < 4.78 is 0.578. The fourth-order valence-corrected chi connectivity index (χ4v) is 2.88. The summed E-state index contributed by atoms with van der Waals surface area (Å²) in [5.74, 6) is -0.0191. The first-order chi connectivity index (χ1) is 9.97. The number of piperidine rings is 1. The molecule has 0 atom stereocenters. The smallest absolute Gasteiger partial charge is 0.312 e. The van der Waals surface area contributed by atoms with Crippen LogP contribution in [0.25, 0.3) is 0 Å². The summed E-state index contributed by atoms with van der Waals surface area (Å²) in [5.41, 5.74) is -0.00615. The number of pyridine rings is 1. The van der Waals surface area contributed by atoms with Crippen molar-refractivity contribution in [3.05, 3.63) is 26.9 Å². The first-order valence-electron chi connectivity index (χ1n) is 6.74. The van der Waals surface area contributed by atoms with E-state index in [0.29, 0.717) is 35.7 Å². The highest BCUT2D eigenvalue weighted by Crippen LogP contribution is 2.32. The maximum Gasteiger partial charge on any atom is 0.312 e. The molecule has 8 heteroatoms. The number of carbonyl (C=O) groups is 1. The summed E-state index contributed by atoms with van der Waals surface area (Å²) in [6.07, 6.45) is 4.07. The van der Waals surface area contributed by atoms with Gasteiger partial charge in [0.25, 0.3) is 0 Å². The van der Waals surface area contributed by atoms with Gasteiger partial charge < -0.3 is 10.0 Å². The largest absolute Gasteiger partial charge is 0.481 e. The van der Waals surface area contributed by atoms with E-state index in [4.69, 9.17) is 5.11 Å². The second-order valence-corrected chi connectivity index (χ2v) is 6.03. The molecule has 21 heavy (non-hydrogen) atoms. The second kappa shape index (κ2) is 6.84. The highest BCUT2D eigenvalue weighted by molar-refractivity contribution is 9.10. The van der Waals surface area contributed by atoms with Crippen LogP contribution in [0.4, 0.5) is 11.5 Å². The van der Waals surface area contributed by atoms with Crippen molar-refractivity contribution in [2.24, 2.45) is 5.92 Å². The van der Waals surface area contributed by atoms with Crippen LogP contribution in [0.2, 0.25) is 0 Å². The molecule has 0 aliphatic carbocycles. The lowest BCUT2D eigenvalue weighted by molar-refractivity contribution is -0.384. The molecule has 2 rings (SSSR count). The summed E-state index contributed by atoms with van der Waals surface area (Å²) >= 11 is 3.19. The molecule has 1 N–H and O–H groups in total. The molecule has 0 amide bonds. The Morgan fingerprint density at radius 1 is 1.52 bits per heavy atom. The quantitative estimate of drug-likeness (QED) is 0.642. The Hall–Kier alpha value is -1.70. The number of nitro groups is 1. The van der Waals surface area contributed by atoms with Gasteiger partial charge in [0.15, 0.2) is 0 Å². The molecule has 0 saturated carbocycles. The number of hydrogen-bond acceptors (Lipinski definition) is 5. The Morgan fingerprint density at radius 2 is 2.19 bits per heavy atom. The summed E-state index contributed by atoms with van der Waals surface area (Å²) in [6.45, 7) is 1.33. The van der Waals surface area contributed by atoms with E-state index in [1.54, 1.807) is 6.20 Å². The van der Waals surface area contributed by atoms with Crippen molar-refractivity contribution in [2.75, 3.05) is 18.0 Å². The second-order valence-electron chi connectivity index (χ2n) is 5.12. The number of nitrogens with zero attached hydrogens (tertiary/aromatic N) is 3. The highest BCUT2D eigenvalue weighted by Gasteiger charge is 2.26. The average molecular weight is 358 g/mol. The highest BCUT2D eigenvalue weighted by atomic mass is 79.9. The van der Waals surface area contributed by atoms with Gasteiger partial charge in [0, 0.05) is 36.2 Å². The van der Waals surface area contributed by atoms with E-state index in [1.807, 2.05) is 4.90 Å². The molecule has 1 aliphatic rings. The lowest BCUT2D eigenvalue weighted by atomic mass is 9.92. The van der Waals surface area contributed by atoms with Crippen LogP contribution < -0.4 is 4.90 Å². The first kappa shape index (κ1) is 15.7. The standard InChI is InChI=1S/C13H16BrN3O4/c14-10-7-11(17(20)21)13(15-8-10)16-5-3-9(4-6-16)1-2-12(18)19/h7-9H,1-6H2,(H,18,19). The Morgan fingerprint density at radius 3 is 2.76 bits per heavy atom. The van der Waals surface area contributed by atoms with Gasteiger partial charge in [0.05, 0.1) is 4.92 Å². The van der Waals surface area contributed by atoms with Crippen molar-refractivity contribution in [1.29, 1.82) is 0 Å². The minimum atomic E-state index is -0.775. The molecule has 0 spiro atoms. The van der Waals surface area contributed by atoms with Crippen LogP contribution in [-0.4, -0.2) is 34.1 Å². The molecule has 0 unspecified atom stereocenters. The zero-order valence-corrected chi connectivity index (χ0v) is 13.0. The predicted octanol–water partition coefficient (Wildman–Crippen LogP) is 2.83. The molecule has 1 aromatic heterocycles. The van der Waals surface area contributed by atoms with E-state index in [9.17, 15) is 14.9 Å². The fraction of sp³-hybridized carbons (Fsp3) is 0.538. The van der Waals surface area contributed by atoms with Gasteiger partial charge in [-0.15, -0.1) is 0 Å². The number of aromatic nitrogens is 1. The molecule has 1 aromatic rings. The van der Waals surface area contributed by atoms with E-state index in [-0.39, 0.29) is 12.1 Å². The van der Waals surface area contributed by atoms with Crippen LogP contribution in [0.15, 0.2) is 16.7 Å². The van der Waals surface area contributed by atoms with Gasteiger partial charge >= 0.3 is 11.7 Å². The first-order valence-corrected chi connectivity index (χ1v) is 7.53. The molecule has 0 bridgehead atoms. The molecule has 0 aromatic carbocycles. The monoisotopic (exact) mass is 357 g/mol. The molecular formula is C13H16BrN3O4. The molecule has 114 valence electrons. The number of hydrogen-bond donors (Lipinski definition) is 1. The van der Waals surface area contributed by atoms with Crippen molar-refractivity contribution in [1.82, 2.24) is 4.98 Å². The third kappa shape index (κ3) is 4.13. The van der Waals surface area contributed by atoms with E-state index in [2.05, 4.69) is 20.9 Å². The number of rotatable bonds is 5. The third-order valence-electron chi connectivity index (χ3n) is 3.69. The topological polar surface area (TPSA) is 96.6 Å². The summed E-state index contributed by atoms with van der Waals surface area (Å²) in [5, 5.41) is 19.8. The van der Waals surface area contributed by atoms with Crippen LogP contribution >= 0.6 is 15.9 Å².